The van der Waals surface area contributed by atoms with Gasteiger partial charge in [0.1, 0.15) is 5.82 Å². The number of hydrogen-bond donors (Lipinski definition) is 0. The first-order chi connectivity index (χ1) is 8.63. The molecule has 0 amide bonds. The van der Waals surface area contributed by atoms with E-state index in [2.05, 4.69) is 9.72 Å². The molecule has 0 aliphatic carbocycles. The first kappa shape index (κ1) is 12.2. The summed E-state index contributed by atoms with van der Waals surface area (Å²) in [6, 6.07) is 9.58. The molecule has 2 aromatic rings. The fourth-order valence-electron chi connectivity index (χ4n) is 1.71. The van der Waals surface area contributed by atoms with Gasteiger partial charge in [-0.3, -0.25) is 4.98 Å². The van der Waals surface area contributed by atoms with Gasteiger partial charge in [-0.05, 0) is 31.2 Å². The minimum absolute atomic E-state index is 0.338. The second-order valence-corrected chi connectivity index (χ2v) is 3.80. The van der Waals surface area contributed by atoms with Gasteiger partial charge in [0.25, 0.3) is 0 Å². The summed E-state index contributed by atoms with van der Waals surface area (Å²) in [7, 11) is 1.31. The van der Waals surface area contributed by atoms with Crippen molar-refractivity contribution in [3.8, 4) is 11.3 Å². The first-order valence-corrected chi connectivity index (χ1v) is 5.44. The Bertz CT molecular complexity index is 596. The van der Waals surface area contributed by atoms with Gasteiger partial charge in [0.2, 0.25) is 0 Å². The van der Waals surface area contributed by atoms with Gasteiger partial charge in [-0.2, -0.15) is 0 Å². The normalized spacial score (nSPS) is 10.2. The molecule has 0 aliphatic heterocycles. The number of nitrogens with zero attached hydrogens (tertiary/aromatic N) is 1. The standard InChI is InChI=1S/C14H12FNO2/c1-9-10(14(17)18-2)7-8-13(16-9)11-5-3-4-6-12(11)15/h3-8H,1-2H3. The highest BCUT2D eigenvalue weighted by atomic mass is 19.1. The SMILES string of the molecule is COC(=O)c1ccc(-c2ccccc2F)nc1C. The Morgan fingerprint density at radius 2 is 1.94 bits per heavy atom. The van der Waals surface area contributed by atoms with Gasteiger partial charge in [-0.15, -0.1) is 0 Å². The Balaban J connectivity index is 2.47. The van der Waals surface area contributed by atoms with E-state index in [4.69, 9.17) is 0 Å². The average Bonchev–Trinajstić information content (AvgIpc) is 2.38. The Morgan fingerprint density at radius 1 is 1.22 bits per heavy atom. The van der Waals surface area contributed by atoms with E-state index < -0.39 is 5.97 Å². The summed E-state index contributed by atoms with van der Waals surface area (Å²) in [5, 5.41) is 0. The van der Waals surface area contributed by atoms with Gasteiger partial charge >= 0.3 is 5.97 Å². The van der Waals surface area contributed by atoms with Crippen molar-refractivity contribution in [2.24, 2.45) is 0 Å². The molecule has 18 heavy (non-hydrogen) atoms. The van der Waals surface area contributed by atoms with Crippen molar-refractivity contribution in [3.63, 3.8) is 0 Å². The third-order valence-electron chi connectivity index (χ3n) is 2.64. The molecule has 4 heteroatoms. The first-order valence-electron chi connectivity index (χ1n) is 5.44. The zero-order valence-corrected chi connectivity index (χ0v) is 10.1. The highest BCUT2D eigenvalue weighted by Gasteiger charge is 2.12. The quantitative estimate of drug-likeness (QED) is 0.763. The van der Waals surface area contributed by atoms with Crippen molar-refractivity contribution < 1.29 is 13.9 Å². The maximum atomic E-state index is 13.6. The lowest BCUT2D eigenvalue weighted by atomic mass is 10.1. The van der Waals surface area contributed by atoms with Crippen LogP contribution in [-0.2, 0) is 4.74 Å². The zero-order chi connectivity index (χ0) is 13.1. The number of aryl methyl sites for hydroxylation is 1. The number of esters is 1. The lowest BCUT2D eigenvalue weighted by Crippen LogP contribution is -2.05. The van der Waals surface area contributed by atoms with Crippen LogP contribution in [0.15, 0.2) is 36.4 Å². The number of halogens is 1. The fraction of sp³-hybridized carbons (Fsp3) is 0.143. The van der Waals surface area contributed by atoms with Crippen molar-refractivity contribution in [1.29, 1.82) is 0 Å². The van der Waals surface area contributed by atoms with E-state index in [-0.39, 0.29) is 5.82 Å². The predicted octanol–water partition coefficient (Wildman–Crippen LogP) is 2.98. The Kier molecular flexibility index (Phi) is 3.37. The maximum Gasteiger partial charge on any atom is 0.339 e. The van der Waals surface area contributed by atoms with Crippen molar-refractivity contribution in [3.05, 3.63) is 53.5 Å². The number of methoxy groups -OCH3 is 1. The number of benzene rings is 1. The molecule has 0 bridgehead atoms. The predicted molar refractivity (Wildman–Crippen MR) is 65.7 cm³/mol. The molecule has 0 N–H and O–H groups in total. The van der Waals surface area contributed by atoms with E-state index in [1.54, 1.807) is 37.3 Å². The molecule has 2 rings (SSSR count). The Hall–Kier alpha value is -2.23. The van der Waals surface area contributed by atoms with Crippen molar-refractivity contribution in [1.82, 2.24) is 4.98 Å². The lowest BCUT2D eigenvalue weighted by molar-refractivity contribution is 0.0599. The molecular weight excluding hydrogens is 233 g/mol. The highest BCUT2D eigenvalue weighted by Crippen LogP contribution is 2.22. The minimum atomic E-state index is -0.444. The number of ether oxygens (including phenoxy) is 1. The minimum Gasteiger partial charge on any atom is -0.465 e. The van der Waals surface area contributed by atoms with Gasteiger partial charge in [-0.1, -0.05) is 12.1 Å². The van der Waals surface area contributed by atoms with Crippen molar-refractivity contribution >= 4 is 5.97 Å². The average molecular weight is 245 g/mol. The molecule has 0 aliphatic rings. The maximum absolute atomic E-state index is 13.6. The third kappa shape index (κ3) is 2.22. The van der Waals surface area contributed by atoms with Gasteiger partial charge < -0.3 is 4.74 Å². The van der Waals surface area contributed by atoms with Crippen LogP contribution in [0, 0.1) is 12.7 Å². The van der Waals surface area contributed by atoms with E-state index in [0.29, 0.717) is 22.5 Å². The number of pyridine rings is 1. The molecule has 0 spiro atoms. The van der Waals surface area contributed by atoms with Crippen LogP contribution in [0.5, 0.6) is 0 Å². The summed E-state index contributed by atoms with van der Waals surface area (Å²) in [6.45, 7) is 1.69. The summed E-state index contributed by atoms with van der Waals surface area (Å²) < 4.78 is 18.2. The van der Waals surface area contributed by atoms with E-state index in [1.165, 1.54) is 13.2 Å². The van der Waals surface area contributed by atoms with Crippen LogP contribution >= 0.6 is 0 Å². The molecule has 0 saturated carbocycles. The molecular formula is C14H12FNO2. The van der Waals surface area contributed by atoms with E-state index in [9.17, 15) is 9.18 Å². The number of rotatable bonds is 2. The summed E-state index contributed by atoms with van der Waals surface area (Å²) in [6.07, 6.45) is 0. The molecule has 1 aromatic heterocycles. The molecule has 92 valence electrons. The molecule has 0 radical (unpaired) electrons. The van der Waals surface area contributed by atoms with Crippen LogP contribution in [-0.4, -0.2) is 18.1 Å². The van der Waals surface area contributed by atoms with Gasteiger partial charge in [-0.25, -0.2) is 9.18 Å². The van der Waals surface area contributed by atoms with Crippen molar-refractivity contribution in [2.75, 3.05) is 7.11 Å². The molecule has 0 unspecified atom stereocenters. The number of carbonyl (C=O) groups excluding carboxylic acids is 1. The smallest absolute Gasteiger partial charge is 0.339 e. The number of carbonyl (C=O) groups is 1. The van der Waals surface area contributed by atoms with Crippen LogP contribution in [0.3, 0.4) is 0 Å². The van der Waals surface area contributed by atoms with Crippen molar-refractivity contribution in [2.45, 2.75) is 6.92 Å². The molecule has 3 nitrogen and oxygen atoms in total. The number of aromatic nitrogens is 1. The summed E-state index contributed by atoms with van der Waals surface area (Å²) in [4.78, 5) is 15.6. The molecule has 0 saturated heterocycles. The zero-order valence-electron chi connectivity index (χ0n) is 10.1. The molecule has 0 atom stereocenters. The van der Waals surface area contributed by atoms with Gasteiger partial charge in [0.15, 0.2) is 0 Å². The monoisotopic (exact) mass is 245 g/mol. The summed E-state index contributed by atoms with van der Waals surface area (Å²) in [5.74, 6) is -0.782. The Labute approximate surface area is 104 Å². The van der Waals surface area contributed by atoms with E-state index >= 15 is 0 Å². The summed E-state index contributed by atoms with van der Waals surface area (Å²) >= 11 is 0. The van der Waals surface area contributed by atoms with Gasteiger partial charge in [0, 0.05) is 5.56 Å². The van der Waals surface area contributed by atoms with Crippen LogP contribution < -0.4 is 0 Å². The van der Waals surface area contributed by atoms with Crippen LogP contribution in [0.25, 0.3) is 11.3 Å². The van der Waals surface area contributed by atoms with Gasteiger partial charge in [0.05, 0.1) is 24.1 Å². The third-order valence-corrected chi connectivity index (χ3v) is 2.64. The topological polar surface area (TPSA) is 39.2 Å². The van der Waals surface area contributed by atoms with Crippen LogP contribution in [0.1, 0.15) is 16.1 Å². The Morgan fingerprint density at radius 3 is 2.56 bits per heavy atom. The van der Waals surface area contributed by atoms with Crippen LogP contribution in [0.4, 0.5) is 4.39 Å². The lowest BCUT2D eigenvalue weighted by Gasteiger charge is -2.07. The highest BCUT2D eigenvalue weighted by molar-refractivity contribution is 5.90. The van der Waals surface area contributed by atoms with E-state index in [0.717, 1.165) is 0 Å². The van der Waals surface area contributed by atoms with Crippen LogP contribution in [0.2, 0.25) is 0 Å². The van der Waals surface area contributed by atoms with E-state index in [1.807, 2.05) is 0 Å². The largest absolute Gasteiger partial charge is 0.465 e. The molecule has 1 aromatic carbocycles. The molecule has 1 heterocycles. The fourth-order valence-corrected chi connectivity index (χ4v) is 1.71. The second kappa shape index (κ2) is 4.96. The molecule has 0 fully saturated rings. The summed E-state index contributed by atoms with van der Waals surface area (Å²) in [5.41, 5.74) is 1.82. The second-order valence-electron chi connectivity index (χ2n) is 3.80. The number of hydrogen-bond acceptors (Lipinski definition) is 3.